The van der Waals surface area contributed by atoms with Gasteiger partial charge in [-0.2, -0.15) is 0 Å². The van der Waals surface area contributed by atoms with Crippen molar-refractivity contribution in [2.45, 2.75) is 50.7 Å². The van der Waals surface area contributed by atoms with E-state index in [4.69, 9.17) is 10.5 Å². The van der Waals surface area contributed by atoms with Crippen molar-refractivity contribution in [2.75, 3.05) is 19.8 Å². The standard InChI is InChI=1S/C11H22N2O/c1-11(2)8-14-7-6-13(11)10-5-3-4-9(10)12/h9-10H,3-8,12H2,1-2H3. The molecule has 2 N–H and O–H groups in total. The van der Waals surface area contributed by atoms with Crippen LogP contribution in [0.4, 0.5) is 0 Å². The molecule has 0 aromatic heterocycles. The van der Waals surface area contributed by atoms with Crippen molar-refractivity contribution in [3.63, 3.8) is 0 Å². The fourth-order valence-electron chi connectivity index (χ4n) is 2.84. The zero-order valence-corrected chi connectivity index (χ0v) is 9.33. The van der Waals surface area contributed by atoms with Crippen LogP contribution in [0.15, 0.2) is 0 Å². The molecular formula is C11H22N2O. The van der Waals surface area contributed by atoms with Gasteiger partial charge in [0, 0.05) is 24.2 Å². The minimum atomic E-state index is 0.172. The van der Waals surface area contributed by atoms with Crippen molar-refractivity contribution >= 4 is 0 Å². The van der Waals surface area contributed by atoms with Crippen LogP contribution in [0.25, 0.3) is 0 Å². The molecule has 2 unspecified atom stereocenters. The first kappa shape index (κ1) is 10.4. The monoisotopic (exact) mass is 198 g/mol. The molecule has 2 rings (SSSR count). The summed E-state index contributed by atoms with van der Waals surface area (Å²) in [6, 6.07) is 0.973. The summed E-state index contributed by atoms with van der Waals surface area (Å²) in [6.07, 6.45) is 3.75. The van der Waals surface area contributed by atoms with Gasteiger partial charge in [-0.1, -0.05) is 6.42 Å². The molecule has 0 aromatic carbocycles. The molecule has 82 valence electrons. The van der Waals surface area contributed by atoms with Gasteiger partial charge >= 0.3 is 0 Å². The quantitative estimate of drug-likeness (QED) is 0.682. The highest BCUT2D eigenvalue weighted by Crippen LogP contribution is 2.30. The minimum Gasteiger partial charge on any atom is -0.378 e. The van der Waals surface area contributed by atoms with Crippen molar-refractivity contribution in [2.24, 2.45) is 5.73 Å². The predicted molar refractivity (Wildman–Crippen MR) is 57.2 cm³/mol. The van der Waals surface area contributed by atoms with Gasteiger partial charge in [0.25, 0.3) is 0 Å². The minimum absolute atomic E-state index is 0.172. The first-order chi connectivity index (χ1) is 6.61. The van der Waals surface area contributed by atoms with Crippen LogP contribution >= 0.6 is 0 Å². The topological polar surface area (TPSA) is 38.5 Å². The number of rotatable bonds is 1. The van der Waals surface area contributed by atoms with E-state index in [-0.39, 0.29) is 5.54 Å². The van der Waals surface area contributed by atoms with Gasteiger partial charge in [0.05, 0.1) is 13.2 Å². The van der Waals surface area contributed by atoms with Gasteiger partial charge in [-0.05, 0) is 26.7 Å². The van der Waals surface area contributed by atoms with E-state index in [1.54, 1.807) is 0 Å². The Morgan fingerprint density at radius 2 is 2.14 bits per heavy atom. The summed E-state index contributed by atoms with van der Waals surface area (Å²) < 4.78 is 5.53. The summed E-state index contributed by atoms with van der Waals surface area (Å²) in [4.78, 5) is 2.56. The van der Waals surface area contributed by atoms with Crippen LogP contribution < -0.4 is 5.73 Å². The van der Waals surface area contributed by atoms with Gasteiger partial charge in [-0.25, -0.2) is 0 Å². The zero-order chi connectivity index (χ0) is 10.2. The van der Waals surface area contributed by atoms with Crippen LogP contribution in [-0.2, 0) is 4.74 Å². The van der Waals surface area contributed by atoms with Crippen LogP contribution in [0.2, 0.25) is 0 Å². The van der Waals surface area contributed by atoms with E-state index in [2.05, 4.69) is 18.7 Å². The molecule has 3 nitrogen and oxygen atoms in total. The summed E-state index contributed by atoms with van der Waals surface area (Å²) in [7, 11) is 0. The van der Waals surface area contributed by atoms with Gasteiger partial charge in [-0.3, -0.25) is 4.90 Å². The number of morpholine rings is 1. The van der Waals surface area contributed by atoms with Crippen molar-refractivity contribution in [1.82, 2.24) is 4.90 Å². The van der Waals surface area contributed by atoms with Gasteiger partial charge in [0.1, 0.15) is 0 Å². The number of hydrogen-bond donors (Lipinski definition) is 1. The molecule has 1 saturated heterocycles. The van der Waals surface area contributed by atoms with Crippen LogP contribution in [0, 0.1) is 0 Å². The highest BCUT2D eigenvalue weighted by molar-refractivity contribution is 4.96. The largest absolute Gasteiger partial charge is 0.378 e. The van der Waals surface area contributed by atoms with Crippen molar-refractivity contribution in [1.29, 1.82) is 0 Å². The molecule has 3 heteroatoms. The molecule has 0 radical (unpaired) electrons. The van der Waals surface area contributed by atoms with E-state index in [1.165, 1.54) is 19.3 Å². The number of nitrogens with two attached hydrogens (primary N) is 1. The molecule has 1 heterocycles. The lowest BCUT2D eigenvalue weighted by Gasteiger charge is -2.46. The smallest absolute Gasteiger partial charge is 0.0645 e. The maximum atomic E-state index is 6.15. The lowest BCUT2D eigenvalue weighted by molar-refractivity contribution is -0.0731. The Balaban J connectivity index is 2.07. The van der Waals surface area contributed by atoms with Crippen molar-refractivity contribution in [3.8, 4) is 0 Å². The second-order valence-electron chi connectivity index (χ2n) is 5.22. The van der Waals surface area contributed by atoms with Gasteiger partial charge in [0.15, 0.2) is 0 Å². The average Bonchev–Trinajstić information content (AvgIpc) is 2.51. The van der Waals surface area contributed by atoms with E-state index in [0.717, 1.165) is 19.8 Å². The normalized spacial score (nSPS) is 38.8. The Labute approximate surface area is 86.6 Å². The van der Waals surface area contributed by atoms with E-state index in [1.807, 2.05) is 0 Å². The average molecular weight is 198 g/mol. The first-order valence-electron chi connectivity index (χ1n) is 5.71. The number of nitrogens with zero attached hydrogens (tertiary/aromatic N) is 1. The SMILES string of the molecule is CC1(C)COCCN1C1CCCC1N. The Morgan fingerprint density at radius 1 is 1.36 bits per heavy atom. The third-order valence-corrected chi connectivity index (χ3v) is 3.64. The third kappa shape index (κ3) is 1.81. The molecule has 0 bridgehead atoms. The van der Waals surface area contributed by atoms with Gasteiger partial charge in [0.2, 0.25) is 0 Å². The Bertz CT molecular complexity index is 205. The fraction of sp³-hybridized carbons (Fsp3) is 1.00. The number of hydrogen-bond acceptors (Lipinski definition) is 3. The molecule has 0 aromatic rings. The summed E-state index contributed by atoms with van der Waals surface area (Å²) in [5.74, 6) is 0. The lowest BCUT2D eigenvalue weighted by Crippen LogP contribution is -2.60. The van der Waals surface area contributed by atoms with Crippen molar-refractivity contribution < 1.29 is 4.74 Å². The van der Waals surface area contributed by atoms with E-state index >= 15 is 0 Å². The second-order valence-corrected chi connectivity index (χ2v) is 5.22. The Hall–Kier alpha value is -0.120. The maximum Gasteiger partial charge on any atom is 0.0645 e. The highest BCUT2D eigenvalue weighted by atomic mass is 16.5. The molecular weight excluding hydrogens is 176 g/mol. The summed E-state index contributed by atoms with van der Waals surface area (Å²) in [5, 5.41) is 0. The molecule has 1 saturated carbocycles. The molecule has 1 aliphatic carbocycles. The molecule has 2 aliphatic rings. The maximum absolute atomic E-state index is 6.15. The fourth-order valence-corrected chi connectivity index (χ4v) is 2.84. The van der Waals surface area contributed by atoms with Crippen LogP contribution in [0.1, 0.15) is 33.1 Å². The van der Waals surface area contributed by atoms with Crippen LogP contribution in [-0.4, -0.2) is 42.3 Å². The van der Waals surface area contributed by atoms with Crippen LogP contribution in [0.5, 0.6) is 0 Å². The van der Waals surface area contributed by atoms with Gasteiger partial charge in [-0.15, -0.1) is 0 Å². The highest BCUT2D eigenvalue weighted by Gasteiger charge is 2.39. The summed E-state index contributed by atoms with van der Waals surface area (Å²) in [6.45, 7) is 7.28. The summed E-state index contributed by atoms with van der Waals surface area (Å²) >= 11 is 0. The number of ether oxygens (including phenoxy) is 1. The Kier molecular flexibility index (Phi) is 2.82. The molecule has 2 fully saturated rings. The van der Waals surface area contributed by atoms with E-state index in [9.17, 15) is 0 Å². The lowest BCUT2D eigenvalue weighted by atomic mass is 9.97. The molecule has 0 spiro atoms. The second kappa shape index (κ2) is 3.80. The van der Waals surface area contributed by atoms with Crippen molar-refractivity contribution in [3.05, 3.63) is 0 Å². The molecule has 0 amide bonds. The van der Waals surface area contributed by atoms with E-state index < -0.39 is 0 Å². The molecule has 2 atom stereocenters. The van der Waals surface area contributed by atoms with E-state index in [0.29, 0.717) is 12.1 Å². The first-order valence-corrected chi connectivity index (χ1v) is 5.71. The molecule has 14 heavy (non-hydrogen) atoms. The predicted octanol–water partition coefficient (Wildman–Crippen LogP) is 0.977. The summed E-state index contributed by atoms with van der Waals surface area (Å²) in [5.41, 5.74) is 6.32. The van der Waals surface area contributed by atoms with Gasteiger partial charge < -0.3 is 10.5 Å². The third-order valence-electron chi connectivity index (χ3n) is 3.64. The van der Waals surface area contributed by atoms with Crippen LogP contribution in [0.3, 0.4) is 0 Å². The zero-order valence-electron chi connectivity index (χ0n) is 9.33. The Morgan fingerprint density at radius 3 is 2.71 bits per heavy atom. The molecule has 1 aliphatic heterocycles.